The summed E-state index contributed by atoms with van der Waals surface area (Å²) in [6.45, 7) is 3.92. The van der Waals surface area contributed by atoms with Crippen LogP contribution in [0.2, 0.25) is 5.02 Å². The van der Waals surface area contributed by atoms with E-state index in [1.807, 2.05) is 12.1 Å². The van der Waals surface area contributed by atoms with Crippen LogP contribution in [-0.4, -0.2) is 28.2 Å². The topological polar surface area (TPSA) is 117 Å². The predicted octanol–water partition coefficient (Wildman–Crippen LogP) is 5.35. The second-order valence-corrected chi connectivity index (χ2v) is 8.48. The third kappa shape index (κ3) is 7.01. The summed E-state index contributed by atoms with van der Waals surface area (Å²) in [5.74, 6) is -3.56. The average molecular weight is 535 g/mol. The number of ether oxygens (including phenoxy) is 1. The first-order valence-electron chi connectivity index (χ1n) is 11.0. The van der Waals surface area contributed by atoms with E-state index in [1.54, 1.807) is 19.1 Å². The van der Waals surface area contributed by atoms with Crippen LogP contribution >= 0.6 is 11.6 Å². The molecule has 11 heteroatoms. The van der Waals surface area contributed by atoms with Gasteiger partial charge in [0.05, 0.1) is 10.6 Å². The number of rotatable bonds is 6. The predicted molar refractivity (Wildman–Crippen MR) is 129 cm³/mol. The van der Waals surface area contributed by atoms with Crippen LogP contribution in [0.3, 0.4) is 0 Å². The molecule has 1 aromatic heterocycles. The van der Waals surface area contributed by atoms with Gasteiger partial charge in [-0.2, -0.15) is 13.2 Å². The summed E-state index contributed by atoms with van der Waals surface area (Å²) in [4.78, 5) is 26.5. The summed E-state index contributed by atoms with van der Waals surface area (Å²) < 4.78 is 37.4. The smallest absolute Gasteiger partial charge is 0.458 e. The fourth-order valence-electron chi connectivity index (χ4n) is 3.48. The number of carbonyl (C=O) groups is 2. The van der Waals surface area contributed by atoms with Gasteiger partial charge in [-0.3, -0.25) is 0 Å². The standard InChI is InChI=1S/C24H21ClN2O3.C2HF3O2/c1-3-4-15-6-8-16(9-7-15)19-12-21-22(13-20(19)25)27-24(26-21)30-17-10-5-14(2)18(11-17)23(28)29;3-2(4,5)1(6)7/h5-13H,3-4H2,1-2H3,(H,26,27)(H,28,29);(H,6,7). The third-order valence-electron chi connectivity index (χ3n) is 5.30. The molecule has 37 heavy (non-hydrogen) atoms. The maximum atomic E-state index is 11.3. The number of carboxylic acids is 2. The Bertz CT molecular complexity index is 1430. The summed E-state index contributed by atoms with van der Waals surface area (Å²) in [5, 5.41) is 18.7. The molecule has 4 aromatic rings. The summed E-state index contributed by atoms with van der Waals surface area (Å²) in [6.07, 6.45) is -3.02. The molecule has 0 saturated carbocycles. The van der Waals surface area contributed by atoms with Gasteiger partial charge >= 0.3 is 18.2 Å². The highest BCUT2D eigenvalue weighted by atomic mass is 35.5. The van der Waals surface area contributed by atoms with Crippen molar-refractivity contribution in [2.75, 3.05) is 0 Å². The van der Waals surface area contributed by atoms with Crippen molar-refractivity contribution in [3.8, 4) is 22.9 Å². The molecule has 0 radical (unpaired) electrons. The van der Waals surface area contributed by atoms with Gasteiger partial charge in [-0.1, -0.05) is 55.3 Å². The molecule has 194 valence electrons. The van der Waals surface area contributed by atoms with Gasteiger partial charge in [-0.25, -0.2) is 14.8 Å². The number of aromatic carboxylic acids is 1. The first-order valence-corrected chi connectivity index (χ1v) is 11.4. The number of imidazole rings is 1. The molecule has 1 heterocycles. The van der Waals surface area contributed by atoms with Crippen molar-refractivity contribution in [2.24, 2.45) is 0 Å². The third-order valence-corrected chi connectivity index (χ3v) is 5.61. The monoisotopic (exact) mass is 534 g/mol. The molecule has 0 spiro atoms. The van der Waals surface area contributed by atoms with E-state index in [4.69, 9.17) is 26.2 Å². The molecule has 0 aliphatic heterocycles. The van der Waals surface area contributed by atoms with E-state index in [9.17, 15) is 23.1 Å². The summed E-state index contributed by atoms with van der Waals surface area (Å²) in [5.41, 5.74) is 5.80. The van der Waals surface area contributed by atoms with Crippen molar-refractivity contribution in [1.29, 1.82) is 0 Å². The van der Waals surface area contributed by atoms with E-state index in [-0.39, 0.29) is 5.56 Å². The van der Waals surface area contributed by atoms with Crippen LogP contribution in [0.1, 0.15) is 34.8 Å². The van der Waals surface area contributed by atoms with Gasteiger partial charge in [0.1, 0.15) is 11.7 Å². The molecule has 0 amide bonds. The zero-order chi connectivity index (χ0) is 27.3. The number of aromatic nitrogens is 2. The van der Waals surface area contributed by atoms with Crippen molar-refractivity contribution in [2.45, 2.75) is 32.9 Å². The second-order valence-electron chi connectivity index (χ2n) is 8.07. The fourth-order valence-corrected chi connectivity index (χ4v) is 3.75. The number of aliphatic carboxylic acids is 1. The van der Waals surface area contributed by atoms with Gasteiger partial charge in [0, 0.05) is 11.6 Å². The molecule has 0 fully saturated rings. The van der Waals surface area contributed by atoms with Crippen molar-refractivity contribution < 1.29 is 42.7 Å². The Morgan fingerprint density at radius 3 is 2.32 bits per heavy atom. The van der Waals surface area contributed by atoms with Crippen LogP contribution in [-0.2, 0) is 11.2 Å². The summed E-state index contributed by atoms with van der Waals surface area (Å²) in [7, 11) is 0. The van der Waals surface area contributed by atoms with E-state index >= 15 is 0 Å². The van der Waals surface area contributed by atoms with Gasteiger partial charge in [0.25, 0.3) is 0 Å². The van der Waals surface area contributed by atoms with Crippen molar-refractivity contribution in [3.63, 3.8) is 0 Å². The van der Waals surface area contributed by atoms with E-state index in [0.29, 0.717) is 22.3 Å². The van der Waals surface area contributed by atoms with Gasteiger partial charge in [0.15, 0.2) is 11.0 Å². The van der Waals surface area contributed by atoms with Gasteiger partial charge < -0.3 is 19.7 Å². The molecule has 0 unspecified atom stereocenters. The zero-order valence-corrected chi connectivity index (χ0v) is 20.5. The molecule has 0 aliphatic carbocycles. The molecule has 0 atom stereocenters. The van der Waals surface area contributed by atoms with Gasteiger partial charge in [-0.05, 0) is 48.2 Å². The maximum Gasteiger partial charge on any atom is 0.458 e. The zero-order valence-electron chi connectivity index (χ0n) is 19.7. The molecule has 0 aliphatic rings. The lowest BCUT2D eigenvalue weighted by Crippen LogP contribution is -2.37. The Morgan fingerprint density at radius 1 is 1.11 bits per heavy atom. The summed E-state index contributed by atoms with van der Waals surface area (Å²) >= 11 is 6.54. The molecular weight excluding hydrogens is 513 g/mol. The van der Waals surface area contributed by atoms with Gasteiger partial charge in [-0.15, -0.1) is 0 Å². The van der Waals surface area contributed by atoms with E-state index in [2.05, 4.69) is 41.2 Å². The highest BCUT2D eigenvalue weighted by Crippen LogP contribution is 2.32. The number of carbonyl (C=O) groups excluding carboxylic acids is 1. The number of hydrogen-bond acceptors (Lipinski definition) is 4. The lowest BCUT2D eigenvalue weighted by molar-refractivity contribution is -0.359. The molecule has 3 aromatic carbocycles. The number of carboxylic acid groups (broad SMARTS) is 2. The van der Waals surface area contributed by atoms with Crippen LogP contribution in [0.4, 0.5) is 13.2 Å². The second kappa shape index (κ2) is 11.3. The Hall–Kier alpha value is -4.05. The average Bonchev–Trinajstić information content (AvgIpc) is 3.21. The van der Waals surface area contributed by atoms with Crippen molar-refractivity contribution in [3.05, 3.63) is 76.3 Å². The van der Waals surface area contributed by atoms with Crippen LogP contribution in [0.5, 0.6) is 11.8 Å². The summed E-state index contributed by atoms with van der Waals surface area (Å²) in [6, 6.07) is 17.6. The molecule has 0 saturated heterocycles. The Labute approximate surface area is 214 Å². The molecule has 0 bridgehead atoms. The van der Waals surface area contributed by atoms with E-state index < -0.39 is 18.1 Å². The van der Waals surface area contributed by atoms with Crippen molar-refractivity contribution in [1.82, 2.24) is 4.98 Å². The number of aromatic amines is 2. The number of alkyl halides is 3. The maximum absolute atomic E-state index is 11.3. The van der Waals surface area contributed by atoms with Crippen LogP contribution in [0, 0.1) is 6.92 Å². The number of nitrogens with one attached hydrogen (secondary N) is 2. The molecular formula is C26H22ClF3N2O5. The molecule has 3 N–H and O–H groups in total. The first kappa shape index (κ1) is 27.5. The quantitative estimate of drug-likeness (QED) is 0.346. The lowest BCUT2D eigenvalue weighted by atomic mass is 10.0. The minimum atomic E-state index is -5.19. The number of benzene rings is 3. The van der Waals surface area contributed by atoms with Crippen LogP contribution < -0.4 is 14.8 Å². The number of halogens is 4. The van der Waals surface area contributed by atoms with Gasteiger partial charge in [0.2, 0.25) is 0 Å². The number of H-pyrrole nitrogens is 2. The number of fused-ring (bicyclic) bond motifs is 1. The van der Waals surface area contributed by atoms with Crippen LogP contribution in [0.15, 0.2) is 54.6 Å². The van der Waals surface area contributed by atoms with E-state index in [0.717, 1.165) is 35.0 Å². The minimum Gasteiger partial charge on any atom is -0.542 e. The highest BCUT2D eigenvalue weighted by molar-refractivity contribution is 6.34. The van der Waals surface area contributed by atoms with E-state index in [1.165, 1.54) is 11.6 Å². The largest absolute Gasteiger partial charge is 0.542 e. The Morgan fingerprint density at radius 2 is 1.76 bits per heavy atom. The SMILES string of the molecule is CCCc1ccc(-c2cc3[nH+]c(Oc4ccc(C)c(C(=O)O)c4)[nH]c3cc2Cl)cc1.O=C([O-])C(F)(F)F. The minimum absolute atomic E-state index is 0.209. The first-order chi connectivity index (χ1) is 17.4. The highest BCUT2D eigenvalue weighted by Gasteiger charge is 2.28. The van der Waals surface area contributed by atoms with Crippen LogP contribution in [0.25, 0.3) is 22.2 Å². The number of aryl methyl sites for hydroxylation is 2. The fraction of sp³-hybridized carbons (Fsp3) is 0.192. The Kier molecular flexibility index (Phi) is 8.44. The molecule has 7 nitrogen and oxygen atoms in total. The number of hydrogen-bond donors (Lipinski definition) is 2. The normalized spacial score (nSPS) is 11.1. The molecule has 4 rings (SSSR count). The van der Waals surface area contributed by atoms with Crippen molar-refractivity contribution >= 4 is 34.6 Å². The Balaban J connectivity index is 0.000000479. The lowest BCUT2D eigenvalue weighted by Gasteiger charge is -2.05.